The Morgan fingerprint density at radius 1 is 1.25 bits per heavy atom. The molecule has 144 valence electrons. The molecule has 1 N–H and O–H groups in total. The van der Waals surface area contributed by atoms with E-state index in [0.29, 0.717) is 5.56 Å². The smallest absolute Gasteiger partial charge is 0.337 e. The normalized spacial score (nSPS) is 15.7. The third-order valence-corrected chi connectivity index (χ3v) is 4.67. The van der Waals surface area contributed by atoms with Crippen LogP contribution in [0.2, 0.25) is 0 Å². The van der Waals surface area contributed by atoms with Crippen molar-refractivity contribution in [2.45, 2.75) is 25.3 Å². The Balaban J connectivity index is 1.56. The molecular weight excluding hydrogens is 362 g/mol. The fourth-order valence-electron chi connectivity index (χ4n) is 3.31. The lowest BCUT2D eigenvalue weighted by Gasteiger charge is -2.22. The van der Waals surface area contributed by atoms with Crippen molar-refractivity contribution in [1.29, 1.82) is 0 Å². The number of hydrogen-bond donors (Lipinski definition) is 1. The minimum Gasteiger partial charge on any atom is -0.465 e. The van der Waals surface area contributed by atoms with Crippen LogP contribution in [0.4, 0.5) is 5.95 Å². The number of aryl methyl sites for hydroxylation is 2. The van der Waals surface area contributed by atoms with Crippen LogP contribution in [-0.2, 0) is 18.3 Å². The molecule has 1 aliphatic heterocycles. The van der Waals surface area contributed by atoms with Crippen LogP contribution < -0.4 is 5.32 Å². The maximum atomic E-state index is 12.3. The van der Waals surface area contributed by atoms with E-state index < -0.39 is 5.91 Å². The number of amides is 1. The number of esters is 1. The Morgan fingerprint density at radius 2 is 2.04 bits per heavy atom. The largest absolute Gasteiger partial charge is 0.465 e. The SMILES string of the molecule is COC(=O)c1ccc(C2CCCn3nc(NC(=O)c4cn(C)nn4)nc32)cc1. The summed E-state index contributed by atoms with van der Waals surface area (Å²) in [6.45, 7) is 0.736. The molecular formula is C18H19N7O3. The molecule has 0 radical (unpaired) electrons. The van der Waals surface area contributed by atoms with E-state index in [-0.39, 0.29) is 23.5 Å². The first-order chi connectivity index (χ1) is 13.5. The Bertz CT molecular complexity index is 1020. The second-order valence-electron chi connectivity index (χ2n) is 6.56. The molecule has 1 aromatic carbocycles. The standard InChI is InChI=1S/C18H19N7O3/c1-24-10-14(21-23-24)16(26)20-18-19-15-13(4-3-9-25(15)22-18)11-5-7-12(8-6-11)17(27)28-2/h5-8,10,13H,3-4,9H2,1-2H3,(H,20,22,26). The average molecular weight is 381 g/mol. The van der Waals surface area contributed by atoms with Crippen molar-refractivity contribution in [3.63, 3.8) is 0 Å². The molecule has 1 amide bonds. The summed E-state index contributed by atoms with van der Waals surface area (Å²) in [5.41, 5.74) is 1.73. The summed E-state index contributed by atoms with van der Waals surface area (Å²) in [7, 11) is 3.05. The van der Waals surface area contributed by atoms with Gasteiger partial charge in [0.05, 0.1) is 18.9 Å². The van der Waals surface area contributed by atoms with Gasteiger partial charge in [-0.1, -0.05) is 17.3 Å². The van der Waals surface area contributed by atoms with Crippen molar-refractivity contribution in [2.75, 3.05) is 12.4 Å². The van der Waals surface area contributed by atoms with Crippen LogP contribution in [0.5, 0.6) is 0 Å². The van der Waals surface area contributed by atoms with Crippen molar-refractivity contribution in [1.82, 2.24) is 29.8 Å². The number of anilines is 1. The van der Waals surface area contributed by atoms with Gasteiger partial charge in [-0.2, -0.15) is 4.98 Å². The predicted octanol–water partition coefficient (Wildman–Crippen LogP) is 1.37. The summed E-state index contributed by atoms with van der Waals surface area (Å²) in [6.07, 6.45) is 3.38. The summed E-state index contributed by atoms with van der Waals surface area (Å²) in [6, 6.07) is 7.29. The summed E-state index contributed by atoms with van der Waals surface area (Å²) in [4.78, 5) is 28.4. The lowest BCUT2D eigenvalue weighted by Crippen LogP contribution is -2.18. The number of nitrogens with zero attached hydrogens (tertiary/aromatic N) is 6. The minimum atomic E-state index is -0.407. The zero-order chi connectivity index (χ0) is 19.7. The van der Waals surface area contributed by atoms with Crippen molar-refractivity contribution >= 4 is 17.8 Å². The molecule has 1 aliphatic rings. The van der Waals surface area contributed by atoms with Crippen LogP contribution in [0, 0.1) is 0 Å². The number of carbonyl (C=O) groups excluding carboxylic acids is 2. The van der Waals surface area contributed by atoms with Gasteiger partial charge >= 0.3 is 5.97 Å². The van der Waals surface area contributed by atoms with Gasteiger partial charge in [0.2, 0.25) is 5.95 Å². The van der Waals surface area contributed by atoms with Gasteiger partial charge in [0.15, 0.2) is 5.69 Å². The van der Waals surface area contributed by atoms with Crippen molar-refractivity contribution in [3.05, 3.63) is 53.1 Å². The Labute approximate surface area is 160 Å². The summed E-state index contributed by atoms with van der Waals surface area (Å²) in [5, 5.41) is 14.6. The summed E-state index contributed by atoms with van der Waals surface area (Å²) in [5.74, 6) is 0.285. The highest BCUT2D eigenvalue weighted by Gasteiger charge is 2.27. The topological polar surface area (TPSA) is 117 Å². The van der Waals surface area contributed by atoms with E-state index >= 15 is 0 Å². The van der Waals surface area contributed by atoms with E-state index in [0.717, 1.165) is 30.8 Å². The zero-order valence-corrected chi connectivity index (χ0v) is 15.5. The van der Waals surface area contributed by atoms with Crippen molar-refractivity contribution in [2.24, 2.45) is 7.05 Å². The van der Waals surface area contributed by atoms with Crippen LogP contribution in [0.25, 0.3) is 0 Å². The number of methoxy groups -OCH3 is 1. The molecule has 0 aliphatic carbocycles. The van der Waals surface area contributed by atoms with Gasteiger partial charge in [-0.25, -0.2) is 9.48 Å². The number of benzene rings is 1. The van der Waals surface area contributed by atoms with Crippen LogP contribution in [-0.4, -0.2) is 48.7 Å². The summed E-state index contributed by atoms with van der Waals surface area (Å²) >= 11 is 0. The van der Waals surface area contributed by atoms with Gasteiger partial charge in [-0.3, -0.25) is 14.8 Å². The van der Waals surface area contributed by atoms with E-state index in [9.17, 15) is 9.59 Å². The molecule has 0 saturated heterocycles. The molecule has 0 bridgehead atoms. The van der Waals surface area contributed by atoms with Crippen LogP contribution in [0.3, 0.4) is 0 Å². The Morgan fingerprint density at radius 3 is 2.71 bits per heavy atom. The molecule has 3 aromatic rings. The molecule has 1 unspecified atom stereocenters. The van der Waals surface area contributed by atoms with Gasteiger partial charge in [0.1, 0.15) is 5.82 Å². The highest BCUT2D eigenvalue weighted by molar-refractivity contribution is 6.01. The second-order valence-corrected chi connectivity index (χ2v) is 6.56. The zero-order valence-electron chi connectivity index (χ0n) is 15.5. The quantitative estimate of drug-likeness (QED) is 0.678. The Kier molecular flexibility index (Phi) is 4.60. The van der Waals surface area contributed by atoms with Crippen LogP contribution >= 0.6 is 0 Å². The van der Waals surface area contributed by atoms with E-state index in [1.807, 2.05) is 16.8 Å². The first-order valence-electron chi connectivity index (χ1n) is 8.86. The number of rotatable bonds is 4. The van der Waals surface area contributed by atoms with E-state index in [1.165, 1.54) is 18.0 Å². The lowest BCUT2D eigenvalue weighted by atomic mass is 9.90. The van der Waals surface area contributed by atoms with Gasteiger partial charge in [-0.05, 0) is 30.5 Å². The molecule has 0 saturated carbocycles. The second kappa shape index (κ2) is 7.22. The molecule has 28 heavy (non-hydrogen) atoms. The van der Waals surface area contributed by atoms with E-state index in [1.54, 1.807) is 19.2 Å². The van der Waals surface area contributed by atoms with Crippen LogP contribution in [0.15, 0.2) is 30.5 Å². The molecule has 1 atom stereocenters. The van der Waals surface area contributed by atoms with Crippen LogP contribution in [0.1, 0.15) is 51.0 Å². The molecule has 3 heterocycles. The average Bonchev–Trinajstić information content (AvgIpc) is 3.33. The molecule has 0 spiro atoms. The fraction of sp³-hybridized carbons (Fsp3) is 0.333. The summed E-state index contributed by atoms with van der Waals surface area (Å²) < 4.78 is 8.01. The molecule has 0 fully saturated rings. The number of ether oxygens (including phenoxy) is 1. The molecule has 10 nitrogen and oxygen atoms in total. The van der Waals surface area contributed by atoms with Crippen molar-refractivity contribution < 1.29 is 14.3 Å². The van der Waals surface area contributed by atoms with E-state index in [2.05, 4.69) is 25.7 Å². The first-order valence-corrected chi connectivity index (χ1v) is 8.86. The Hall–Kier alpha value is -3.56. The third kappa shape index (κ3) is 3.36. The minimum absolute atomic E-state index is 0.0371. The van der Waals surface area contributed by atoms with Gasteiger partial charge in [-0.15, -0.1) is 10.2 Å². The maximum Gasteiger partial charge on any atom is 0.337 e. The number of hydrogen-bond acceptors (Lipinski definition) is 7. The molecule has 2 aromatic heterocycles. The van der Waals surface area contributed by atoms with Crippen molar-refractivity contribution in [3.8, 4) is 0 Å². The lowest BCUT2D eigenvalue weighted by molar-refractivity contribution is 0.0600. The first kappa shape index (κ1) is 17.8. The monoisotopic (exact) mass is 381 g/mol. The number of aromatic nitrogens is 6. The van der Waals surface area contributed by atoms with E-state index in [4.69, 9.17) is 4.74 Å². The highest BCUT2D eigenvalue weighted by atomic mass is 16.5. The predicted molar refractivity (Wildman–Crippen MR) is 97.8 cm³/mol. The maximum absolute atomic E-state index is 12.3. The molecule has 4 rings (SSSR count). The third-order valence-electron chi connectivity index (χ3n) is 4.67. The van der Waals surface area contributed by atoms with Gasteiger partial charge < -0.3 is 4.74 Å². The van der Waals surface area contributed by atoms with Gasteiger partial charge in [0, 0.05) is 19.5 Å². The number of carbonyl (C=O) groups is 2. The highest BCUT2D eigenvalue weighted by Crippen LogP contribution is 2.32. The molecule has 10 heteroatoms. The van der Waals surface area contributed by atoms with Gasteiger partial charge in [0.25, 0.3) is 5.91 Å². The fourth-order valence-corrected chi connectivity index (χ4v) is 3.31. The number of nitrogens with one attached hydrogen (secondary N) is 1. The number of fused-ring (bicyclic) bond motifs is 1.